The topological polar surface area (TPSA) is 66.4 Å². The molecule has 0 atom stereocenters. The summed E-state index contributed by atoms with van der Waals surface area (Å²) in [5.41, 5.74) is 0.702. The van der Waals surface area contributed by atoms with E-state index < -0.39 is 0 Å². The van der Waals surface area contributed by atoms with Gasteiger partial charge in [-0.05, 0) is 12.5 Å². The minimum Gasteiger partial charge on any atom is -0.342 e. The summed E-state index contributed by atoms with van der Waals surface area (Å²) in [6, 6.07) is 1.68. The van der Waals surface area contributed by atoms with E-state index in [-0.39, 0.29) is 17.2 Å². The van der Waals surface area contributed by atoms with Gasteiger partial charge in [-0.1, -0.05) is 0 Å². The van der Waals surface area contributed by atoms with Crippen LogP contribution in [0.1, 0.15) is 23.7 Å². The fourth-order valence-electron chi connectivity index (χ4n) is 2.97. The molecule has 3 heterocycles. The predicted molar refractivity (Wildman–Crippen MR) is 67.2 cm³/mol. The molecule has 6 nitrogen and oxygen atoms in total. The van der Waals surface area contributed by atoms with E-state index in [2.05, 4.69) is 10.2 Å². The Kier molecular flexibility index (Phi) is 2.73. The molecule has 0 N–H and O–H groups in total. The van der Waals surface area contributed by atoms with Gasteiger partial charge in [0.1, 0.15) is 0 Å². The second kappa shape index (κ2) is 4.29. The van der Waals surface area contributed by atoms with Crippen molar-refractivity contribution in [1.29, 1.82) is 0 Å². The summed E-state index contributed by atoms with van der Waals surface area (Å²) in [5.74, 6) is 0.127. The summed E-state index contributed by atoms with van der Waals surface area (Å²) >= 11 is 0. The first kappa shape index (κ1) is 12.1. The first-order chi connectivity index (χ1) is 9.10. The minimum absolute atomic E-state index is 0.00167. The second-order valence-corrected chi connectivity index (χ2v) is 5.48. The Hall–Kier alpha value is -1.98. The fourth-order valence-corrected chi connectivity index (χ4v) is 2.97. The van der Waals surface area contributed by atoms with Gasteiger partial charge in [-0.2, -0.15) is 10.2 Å². The molecule has 2 saturated heterocycles. The van der Waals surface area contributed by atoms with Gasteiger partial charge in [0, 0.05) is 38.5 Å². The summed E-state index contributed by atoms with van der Waals surface area (Å²) in [6.45, 7) is 4.66. The van der Waals surface area contributed by atoms with Gasteiger partial charge in [0.15, 0.2) is 0 Å². The summed E-state index contributed by atoms with van der Waals surface area (Å²) in [6.07, 6.45) is 4.00. The lowest BCUT2D eigenvalue weighted by molar-refractivity contribution is -0.128. The van der Waals surface area contributed by atoms with Crippen molar-refractivity contribution >= 4 is 11.8 Å². The summed E-state index contributed by atoms with van der Waals surface area (Å²) in [4.78, 5) is 27.2. The van der Waals surface area contributed by atoms with Crippen LogP contribution in [0.15, 0.2) is 18.5 Å². The highest BCUT2D eigenvalue weighted by atomic mass is 16.2. The van der Waals surface area contributed by atoms with E-state index in [0.717, 1.165) is 32.6 Å². The quantitative estimate of drug-likeness (QED) is 0.722. The minimum atomic E-state index is 0.00167. The molecule has 1 aromatic rings. The molecule has 2 aliphatic rings. The molecule has 1 aromatic heterocycles. The molecule has 0 aliphatic carbocycles. The van der Waals surface area contributed by atoms with Crippen LogP contribution in [-0.4, -0.2) is 58.0 Å². The fraction of sp³-hybridized carbons (Fsp3) is 0.538. The Labute approximate surface area is 111 Å². The van der Waals surface area contributed by atoms with E-state index in [1.54, 1.807) is 13.0 Å². The van der Waals surface area contributed by atoms with Gasteiger partial charge < -0.3 is 9.80 Å². The van der Waals surface area contributed by atoms with Crippen molar-refractivity contribution < 1.29 is 9.59 Å². The number of hydrogen-bond acceptors (Lipinski definition) is 4. The highest BCUT2D eigenvalue weighted by Gasteiger charge is 2.49. The molecule has 0 aromatic carbocycles. The Morgan fingerprint density at radius 3 is 2.53 bits per heavy atom. The zero-order valence-corrected chi connectivity index (χ0v) is 10.9. The lowest BCUT2D eigenvalue weighted by atomic mass is 9.79. The third-order valence-electron chi connectivity index (χ3n) is 4.05. The van der Waals surface area contributed by atoms with E-state index >= 15 is 0 Å². The molecule has 100 valence electrons. The molecular weight excluding hydrogens is 244 g/mol. The van der Waals surface area contributed by atoms with Crippen molar-refractivity contribution in [3.8, 4) is 0 Å². The average molecular weight is 260 g/mol. The number of likely N-dealkylation sites (tertiary alicyclic amines) is 2. The molecule has 0 bridgehead atoms. The van der Waals surface area contributed by atoms with Crippen LogP contribution in [0.25, 0.3) is 0 Å². The molecule has 0 radical (unpaired) electrons. The van der Waals surface area contributed by atoms with Crippen LogP contribution in [0.2, 0.25) is 0 Å². The Bertz CT molecular complexity index is 511. The maximum Gasteiger partial charge on any atom is 0.255 e. The van der Waals surface area contributed by atoms with Crippen molar-refractivity contribution in [2.45, 2.75) is 13.3 Å². The van der Waals surface area contributed by atoms with Crippen molar-refractivity contribution in [3.63, 3.8) is 0 Å². The zero-order chi connectivity index (χ0) is 13.5. The van der Waals surface area contributed by atoms with E-state index in [4.69, 9.17) is 0 Å². The van der Waals surface area contributed by atoms with Crippen LogP contribution in [0.4, 0.5) is 0 Å². The SMILES string of the molecule is CC(=O)N1CCC2(C1)CN(C(=O)c1ccnnc1)C2. The van der Waals surface area contributed by atoms with E-state index in [0.29, 0.717) is 5.56 Å². The predicted octanol–water partition coefficient (Wildman–Crippen LogP) is 0.171. The normalized spacial score (nSPS) is 20.5. The van der Waals surface area contributed by atoms with Gasteiger partial charge in [0.05, 0.1) is 18.0 Å². The van der Waals surface area contributed by atoms with Gasteiger partial charge in [-0.3, -0.25) is 9.59 Å². The van der Waals surface area contributed by atoms with Crippen LogP contribution in [-0.2, 0) is 4.79 Å². The monoisotopic (exact) mass is 260 g/mol. The molecule has 19 heavy (non-hydrogen) atoms. The number of amides is 2. The molecule has 3 rings (SSSR count). The summed E-state index contributed by atoms with van der Waals surface area (Å²) in [7, 11) is 0. The average Bonchev–Trinajstić information content (AvgIpc) is 2.83. The number of nitrogens with zero attached hydrogens (tertiary/aromatic N) is 4. The van der Waals surface area contributed by atoms with Gasteiger partial charge in [0.25, 0.3) is 5.91 Å². The van der Waals surface area contributed by atoms with E-state index in [9.17, 15) is 9.59 Å². The van der Waals surface area contributed by atoms with Gasteiger partial charge in [-0.25, -0.2) is 0 Å². The van der Waals surface area contributed by atoms with Gasteiger partial charge >= 0.3 is 0 Å². The van der Waals surface area contributed by atoms with E-state index in [1.165, 1.54) is 12.4 Å². The van der Waals surface area contributed by atoms with Gasteiger partial charge in [0.2, 0.25) is 5.91 Å². The van der Waals surface area contributed by atoms with Crippen molar-refractivity contribution in [1.82, 2.24) is 20.0 Å². The van der Waals surface area contributed by atoms with Crippen LogP contribution >= 0.6 is 0 Å². The Morgan fingerprint density at radius 1 is 1.21 bits per heavy atom. The first-order valence-corrected chi connectivity index (χ1v) is 6.41. The molecule has 0 saturated carbocycles. The number of rotatable bonds is 1. The van der Waals surface area contributed by atoms with Crippen molar-refractivity contribution in [2.75, 3.05) is 26.2 Å². The zero-order valence-electron chi connectivity index (χ0n) is 10.9. The molecule has 0 unspecified atom stereocenters. The maximum absolute atomic E-state index is 12.2. The molecule has 6 heteroatoms. The number of carbonyl (C=O) groups is 2. The third kappa shape index (κ3) is 2.07. The van der Waals surface area contributed by atoms with Crippen molar-refractivity contribution in [3.05, 3.63) is 24.0 Å². The standard InChI is InChI=1S/C13H16N4O2/c1-10(18)16-5-3-13(7-16)8-17(9-13)12(19)11-2-4-14-15-6-11/h2,4,6H,3,5,7-9H2,1H3. The lowest BCUT2D eigenvalue weighted by Gasteiger charge is -2.47. The summed E-state index contributed by atoms with van der Waals surface area (Å²) in [5, 5.41) is 7.39. The number of aromatic nitrogens is 2. The summed E-state index contributed by atoms with van der Waals surface area (Å²) < 4.78 is 0. The Morgan fingerprint density at radius 2 is 1.95 bits per heavy atom. The second-order valence-electron chi connectivity index (χ2n) is 5.48. The lowest BCUT2D eigenvalue weighted by Crippen LogP contribution is -2.59. The molecule has 2 amide bonds. The first-order valence-electron chi connectivity index (χ1n) is 6.41. The van der Waals surface area contributed by atoms with E-state index in [1.807, 2.05) is 9.80 Å². The molecule has 1 spiro atoms. The van der Waals surface area contributed by atoms with Crippen LogP contribution < -0.4 is 0 Å². The molecular formula is C13H16N4O2. The van der Waals surface area contributed by atoms with Crippen LogP contribution in [0, 0.1) is 5.41 Å². The largest absolute Gasteiger partial charge is 0.342 e. The van der Waals surface area contributed by atoms with Crippen LogP contribution in [0.5, 0.6) is 0 Å². The Balaban J connectivity index is 1.62. The van der Waals surface area contributed by atoms with Gasteiger partial charge in [-0.15, -0.1) is 0 Å². The number of hydrogen-bond donors (Lipinski definition) is 0. The third-order valence-corrected chi connectivity index (χ3v) is 4.05. The molecule has 2 aliphatic heterocycles. The maximum atomic E-state index is 12.2. The molecule has 2 fully saturated rings. The highest BCUT2D eigenvalue weighted by molar-refractivity contribution is 5.94. The van der Waals surface area contributed by atoms with Crippen molar-refractivity contribution in [2.24, 2.45) is 5.41 Å². The smallest absolute Gasteiger partial charge is 0.255 e. The number of carbonyl (C=O) groups excluding carboxylic acids is 2. The van der Waals surface area contributed by atoms with Crippen LogP contribution in [0.3, 0.4) is 0 Å². The highest BCUT2D eigenvalue weighted by Crippen LogP contribution is 2.40.